The zero-order valence-corrected chi connectivity index (χ0v) is 23.4. The van der Waals surface area contributed by atoms with Crippen molar-refractivity contribution in [1.29, 1.82) is 0 Å². The first-order chi connectivity index (χ1) is 15.6. The lowest BCUT2D eigenvalue weighted by molar-refractivity contribution is -0.873. The van der Waals surface area contributed by atoms with Gasteiger partial charge < -0.3 is 14.3 Å². The second kappa shape index (κ2) is 21.1. The second-order valence-corrected chi connectivity index (χ2v) is 12.0. The molecule has 0 heterocycles. The molecule has 0 aromatic carbocycles. The maximum Gasteiger partial charge on any atom is 0.470 e. The summed E-state index contributed by atoms with van der Waals surface area (Å²) in [7, 11) is 1.64. The van der Waals surface area contributed by atoms with Crippen molar-refractivity contribution >= 4 is 7.82 Å². The topological polar surface area (TPSA) is 66.8 Å². The molecule has 0 fully saturated rings. The van der Waals surface area contributed by atoms with Gasteiger partial charge in [-0.2, -0.15) is 0 Å². The number of quaternary nitrogens is 1. The van der Waals surface area contributed by atoms with E-state index in [-0.39, 0.29) is 6.10 Å². The maximum absolute atomic E-state index is 11.2. The van der Waals surface area contributed by atoms with Crippen molar-refractivity contribution in [1.82, 2.24) is 0 Å². The minimum atomic E-state index is -4.42. The molecule has 0 rings (SSSR count). The first kappa shape index (κ1) is 32.8. The largest absolute Gasteiger partial charge is 0.470 e. The van der Waals surface area contributed by atoms with Gasteiger partial charge in [-0.05, 0) is 32.1 Å². The molecule has 33 heavy (non-hydrogen) atoms. The smallest absolute Gasteiger partial charge is 0.329 e. The number of rotatable bonds is 24. The molecular formula is C27H57NO4P+. The monoisotopic (exact) mass is 490 g/mol. The molecule has 0 aliphatic heterocycles. The molecule has 0 bridgehead atoms. The standard InChI is InChI=1S/C27H56NO4P/c1-5-6-7-8-9-10-11-12-13-14-15-16-17-18-19-20-21-22-23-24-25-27(26-28(2,3)4)32-33(29,30)31/h12-13,27H,5-11,14-26H2,1-4H3,(H-,29,30,31)/p+1/b13-12-. The van der Waals surface area contributed by atoms with Crippen LogP contribution in [0.1, 0.15) is 129 Å². The Labute approximate surface area is 206 Å². The zero-order chi connectivity index (χ0) is 24.8. The van der Waals surface area contributed by atoms with Gasteiger partial charge in [0.2, 0.25) is 0 Å². The van der Waals surface area contributed by atoms with Crippen molar-refractivity contribution in [2.75, 3.05) is 27.7 Å². The Hall–Kier alpha value is -0.190. The molecule has 6 heteroatoms. The van der Waals surface area contributed by atoms with Gasteiger partial charge >= 0.3 is 7.82 Å². The third kappa shape index (κ3) is 27.9. The van der Waals surface area contributed by atoms with Crippen molar-refractivity contribution in [3.05, 3.63) is 12.2 Å². The minimum Gasteiger partial charge on any atom is -0.329 e. The van der Waals surface area contributed by atoms with E-state index in [2.05, 4.69) is 19.1 Å². The van der Waals surface area contributed by atoms with Crippen LogP contribution in [0.25, 0.3) is 0 Å². The van der Waals surface area contributed by atoms with Crippen LogP contribution in [-0.2, 0) is 9.09 Å². The third-order valence-corrected chi connectivity index (χ3v) is 6.65. The molecule has 0 radical (unpaired) electrons. The number of unbranched alkanes of at least 4 members (excludes halogenated alkanes) is 16. The fourth-order valence-corrected chi connectivity index (χ4v) is 4.87. The third-order valence-electron chi connectivity index (χ3n) is 6.08. The van der Waals surface area contributed by atoms with Gasteiger partial charge in [-0.25, -0.2) is 4.57 Å². The SMILES string of the molecule is CCCCCCCC/C=C\CCCCCCCCCCCCC(C[N+](C)(C)C)OP(=O)(O)O. The molecule has 0 aromatic rings. The normalized spacial score (nSPS) is 13.8. The number of phosphoric acid groups is 1. The lowest BCUT2D eigenvalue weighted by Crippen LogP contribution is -2.42. The first-order valence-corrected chi connectivity index (χ1v) is 15.4. The van der Waals surface area contributed by atoms with Gasteiger partial charge in [0.05, 0.1) is 21.1 Å². The lowest BCUT2D eigenvalue weighted by Gasteiger charge is -2.29. The van der Waals surface area contributed by atoms with Crippen LogP contribution >= 0.6 is 7.82 Å². The molecule has 198 valence electrons. The van der Waals surface area contributed by atoms with E-state index in [0.717, 1.165) is 12.8 Å². The van der Waals surface area contributed by atoms with E-state index in [1.165, 1.54) is 103 Å². The molecule has 0 saturated carbocycles. The summed E-state index contributed by atoms with van der Waals surface area (Å²) in [5, 5.41) is 0. The van der Waals surface area contributed by atoms with E-state index in [9.17, 15) is 4.57 Å². The Kier molecular flexibility index (Phi) is 21.0. The number of hydrogen-bond acceptors (Lipinski definition) is 2. The average molecular weight is 491 g/mol. The summed E-state index contributed by atoms with van der Waals surface area (Å²) in [6.45, 7) is 2.88. The number of likely N-dealkylation sites (N-methyl/N-ethyl adjacent to an activating group) is 1. The van der Waals surface area contributed by atoms with Crippen LogP contribution in [-0.4, -0.2) is 48.1 Å². The second-order valence-electron chi connectivity index (χ2n) is 10.8. The van der Waals surface area contributed by atoms with Crippen LogP contribution < -0.4 is 0 Å². The van der Waals surface area contributed by atoms with E-state index < -0.39 is 7.82 Å². The van der Waals surface area contributed by atoms with Crippen LogP contribution in [0.2, 0.25) is 0 Å². The Morgan fingerprint density at radius 1 is 0.697 bits per heavy atom. The highest BCUT2D eigenvalue weighted by molar-refractivity contribution is 7.46. The van der Waals surface area contributed by atoms with E-state index >= 15 is 0 Å². The van der Waals surface area contributed by atoms with E-state index in [1.54, 1.807) is 0 Å². The summed E-state index contributed by atoms with van der Waals surface area (Å²) in [4.78, 5) is 18.3. The van der Waals surface area contributed by atoms with Crippen molar-refractivity contribution < 1.29 is 23.4 Å². The van der Waals surface area contributed by atoms with Crippen molar-refractivity contribution in [3.8, 4) is 0 Å². The molecule has 0 aliphatic rings. The number of allylic oxidation sites excluding steroid dienone is 2. The Morgan fingerprint density at radius 3 is 1.48 bits per heavy atom. The summed E-state index contributed by atoms with van der Waals surface area (Å²) in [6.07, 6.45) is 28.5. The number of hydrogen-bond donors (Lipinski definition) is 2. The molecule has 1 atom stereocenters. The molecule has 1 unspecified atom stereocenters. The van der Waals surface area contributed by atoms with Gasteiger partial charge in [0, 0.05) is 0 Å². The molecule has 2 N–H and O–H groups in total. The van der Waals surface area contributed by atoms with E-state index in [4.69, 9.17) is 14.3 Å². The Balaban J connectivity index is 3.48. The van der Waals surface area contributed by atoms with Crippen LogP contribution in [0.5, 0.6) is 0 Å². The Bertz CT molecular complexity index is 499. The first-order valence-electron chi connectivity index (χ1n) is 13.8. The highest BCUT2D eigenvalue weighted by atomic mass is 31.2. The van der Waals surface area contributed by atoms with Crippen molar-refractivity contribution in [2.45, 2.75) is 135 Å². The molecule has 5 nitrogen and oxygen atoms in total. The fraction of sp³-hybridized carbons (Fsp3) is 0.926. The van der Waals surface area contributed by atoms with E-state index in [0.29, 0.717) is 17.4 Å². The van der Waals surface area contributed by atoms with Crippen molar-refractivity contribution in [2.24, 2.45) is 0 Å². The number of phosphoric ester groups is 1. The molecule has 0 saturated heterocycles. The predicted octanol–water partition coefficient (Wildman–Crippen LogP) is 8.16. The van der Waals surface area contributed by atoms with Crippen LogP contribution in [0, 0.1) is 0 Å². The maximum atomic E-state index is 11.2. The minimum absolute atomic E-state index is 0.378. The van der Waals surface area contributed by atoms with Gasteiger partial charge in [-0.15, -0.1) is 0 Å². The fourth-order valence-electron chi connectivity index (χ4n) is 4.31. The predicted molar refractivity (Wildman–Crippen MR) is 142 cm³/mol. The highest BCUT2D eigenvalue weighted by Gasteiger charge is 2.26. The molecule has 0 aliphatic carbocycles. The number of nitrogens with zero attached hydrogens (tertiary/aromatic N) is 1. The molecule has 0 amide bonds. The quantitative estimate of drug-likeness (QED) is 0.0620. The highest BCUT2D eigenvalue weighted by Crippen LogP contribution is 2.39. The van der Waals surface area contributed by atoms with Gasteiger partial charge in [-0.1, -0.05) is 109 Å². The molecular weight excluding hydrogens is 433 g/mol. The van der Waals surface area contributed by atoms with Gasteiger partial charge in [0.15, 0.2) is 0 Å². The molecule has 0 spiro atoms. The van der Waals surface area contributed by atoms with Crippen molar-refractivity contribution in [3.63, 3.8) is 0 Å². The van der Waals surface area contributed by atoms with Gasteiger partial charge in [0.25, 0.3) is 0 Å². The van der Waals surface area contributed by atoms with Gasteiger partial charge in [0.1, 0.15) is 12.6 Å². The van der Waals surface area contributed by atoms with Crippen LogP contribution in [0.4, 0.5) is 0 Å². The average Bonchev–Trinajstić information content (AvgIpc) is 2.70. The summed E-state index contributed by atoms with van der Waals surface area (Å²) in [5.41, 5.74) is 0. The van der Waals surface area contributed by atoms with E-state index in [1.807, 2.05) is 21.1 Å². The summed E-state index contributed by atoms with van der Waals surface area (Å²) < 4.78 is 16.8. The van der Waals surface area contributed by atoms with Crippen LogP contribution in [0.3, 0.4) is 0 Å². The zero-order valence-electron chi connectivity index (χ0n) is 22.5. The molecule has 0 aromatic heterocycles. The summed E-state index contributed by atoms with van der Waals surface area (Å²) in [5.74, 6) is 0. The van der Waals surface area contributed by atoms with Gasteiger partial charge in [-0.3, -0.25) is 4.52 Å². The summed E-state index contributed by atoms with van der Waals surface area (Å²) >= 11 is 0. The lowest BCUT2D eigenvalue weighted by atomic mass is 10.0. The van der Waals surface area contributed by atoms with Crippen LogP contribution in [0.15, 0.2) is 12.2 Å². The Morgan fingerprint density at radius 2 is 1.09 bits per heavy atom. The summed E-state index contributed by atoms with van der Waals surface area (Å²) in [6, 6.07) is 0.